The molecule has 0 aromatic heterocycles. The van der Waals surface area contributed by atoms with Crippen molar-refractivity contribution in [2.45, 2.75) is 58.3 Å². The van der Waals surface area contributed by atoms with E-state index < -0.39 is 0 Å². The second-order valence-electron chi connectivity index (χ2n) is 5.32. The van der Waals surface area contributed by atoms with Crippen molar-refractivity contribution in [2.75, 3.05) is 13.7 Å². The molecule has 1 fully saturated rings. The zero-order chi connectivity index (χ0) is 12.1. The summed E-state index contributed by atoms with van der Waals surface area (Å²) in [5.41, 5.74) is 0. The first-order valence-electron chi connectivity index (χ1n) is 6.37. The Morgan fingerprint density at radius 1 is 1.25 bits per heavy atom. The molecule has 16 heavy (non-hydrogen) atoms. The molecular weight excluding hydrogens is 204 g/mol. The molecule has 0 heterocycles. The summed E-state index contributed by atoms with van der Waals surface area (Å²) >= 11 is 0. The first-order chi connectivity index (χ1) is 7.54. The van der Waals surface area contributed by atoms with Crippen LogP contribution in [-0.4, -0.2) is 37.1 Å². The summed E-state index contributed by atoms with van der Waals surface area (Å²) in [6.07, 6.45) is 2.73. The minimum absolute atomic E-state index is 0.00806. The van der Waals surface area contributed by atoms with Crippen LogP contribution in [-0.2, 0) is 9.47 Å². The lowest BCUT2D eigenvalue weighted by molar-refractivity contribution is -0.116. The Balaban J connectivity index is 2.43. The summed E-state index contributed by atoms with van der Waals surface area (Å²) in [5, 5.41) is 9.92. The molecule has 0 spiro atoms. The second-order valence-corrected chi connectivity index (χ2v) is 5.32. The Morgan fingerprint density at radius 2 is 1.94 bits per heavy atom. The van der Waals surface area contributed by atoms with Crippen molar-refractivity contribution in [1.82, 2.24) is 0 Å². The van der Waals surface area contributed by atoms with Crippen LogP contribution in [0.15, 0.2) is 0 Å². The van der Waals surface area contributed by atoms with Crippen molar-refractivity contribution in [3.05, 3.63) is 0 Å². The quantitative estimate of drug-likeness (QED) is 0.787. The van der Waals surface area contributed by atoms with Gasteiger partial charge in [0, 0.05) is 7.11 Å². The van der Waals surface area contributed by atoms with Crippen LogP contribution in [0.5, 0.6) is 0 Å². The van der Waals surface area contributed by atoms with Crippen LogP contribution in [0, 0.1) is 11.8 Å². The van der Waals surface area contributed by atoms with E-state index in [4.69, 9.17) is 9.47 Å². The van der Waals surface area contributed by atoms with E-state index >= 15 is 0 Å². The number of methoxy groups -OCH3 is 1. The summed E-state index contributed by atoms with van der Waals surface area (Å²) < 4.78 is 10.9. The third-order valence-corrected chi connectivity index (χ3v) is 3.55. The zero-order valence-electron chi connectivity index (χ0n) is 11.0. The molecular formula is C13H26O3. The Hall–Kier alpha value is -0.120. The summed E-state index contributed by atoms with van der Waals surface area (Å²) in [6.45, 7) is 7.08. The Kier molecular flexibility index (Phi) is 5.73. The van der Waals surface area contributed by atoms with E-state index in [0.717, 1.165) is 19.3 Å². The maximum absolute atomic E-state index is 9.92. The number of hydrogen-bond donors (Lipinski definition) is 1. The predicted molar refractivity (Wildman–Crippen MR) is 64.4 cm³/mol. The summed E-state index contributed by atoms with van der Waals surface area (Å²) in [7, 11) is 1.67. The van der Waals surface area contributed by atoms with E-state index in [1.807, 2.05) is 6.92 Å². The molecule has 1 rings (SSSR count). The Labute approximate surface area is 99.1 Å². The highest BCUT2D eigenvalue weighted by Crippen LogP contribution is 2.32. The summed E-state index contributed by atoms with van der Waals surface area (Å²) in [4.78, 5) is 0. The highest BCUT2D eigenvalue weighted by atomic mass is 16.5. The highest BCUT2D eigenvalue weighted by Gasteiger charge is 2.32. The molecule has 0 radical (unpaired) electrons. The van der Waals surface area contributed by atoms with Gasteiger partial charge in [0.25, 0.3) is 0 Å². The Morgan fingerprint density at radius 3 is 2.50 bits per heavy atom. The molecule has 1 saturated carbocycles. The van der Waals surface area contributed by atoms with Gasteiger partial charge in [-0.15, -0.1) is 0 Å². The first kappa shape index (κ1) is 13.9. The lowest BCUT2D eigenvalue weighted by Gasteiger charge is -2.36. The van der Waals surface area contributed by atoms with E-state index in [9.17, 15) is 5.11 Å². The van der Waals surface area contributed by atoms with Crippen molar-refractivity contribution in [2.24, 2.45) is 11.8 Å². The maximum atomic E-state index is 9.92. The van der Waals surface area contributed by atoms with E-state index in [1.54, 1.807) is 7.11 Å². The number of aliphatic hydroxyl groups excluding tert-OH is 1. The van der Waals surface area contributed by atoms with Gasteiger partial charge in [-0.2, -0.15) is 0 Å². The van der Waals surface area contributed by atoms with E-state index in [0.29, 0.717) is 18.4 Å². The molecule has 0 amide bonds. The average molecular weight is 230 g/mol. The van der Waals surface area contributed by atoms with Crippen molar-refractivity contribution in [3.63, 3.8) is 0 Å². The van der Waals surface area contributed by atoms with Gasteiger partial charge >= 0.3 is 0 Å². The van der Waals surface area contributed by atoms with Crippen LogP contribution < -0.4 is 0 Å². The molecule has 0 aromatic carbocycles. The number of aliphatic hydroxyl groups is 1. The molecule has 3 nitrogen and oxygen atoms in total. The number of hydrogen-bond acceptors (Lipinski definition) is 3. The topological polar surface area (TPSA) is 38.7 Å². The van der Waals surface area contributed by atoms with Gasteiger partial charge in [-0.1, -0.05) is 13.8 Å². The predicted octanol–water partition coefficient (Wildman–Crippen LogP) is 2.22. The van der Waals surface area contributed by atoms with Crippen LogP contribution in [0.3, 0.4) is 0 Å². The third kappa shape index (κ3) is 4.04. The van der Waals surface area contributed by atoms with Crippen LogP contribution in [0.25, 0.3) is 0 Å². The molecule has 0 aromatic rings. The molecule has 0 bridgehead atoms. The van der Waals surface area contributed by atoms with E-state index in [2.05, 4.69) is 13.8 Å². The normalized spacial score (nSPS) is 33.0. The van der Waals surface area contributed by atoms with Gasteiger partial charge in [-0.05, 0) is 38.0 Å². The molecule has 4 atom stereocenters. The van der Waals surface area contributed by atoms with Crippen LogP contribution in [0.1, 0.15) is 40.0 Å². The van der Waals surface area contributed by atoms with Gasteiger partial charge in [0.15, 0.2) is 0 Å². The maximum Gasteiger partial charge on any atom is 0.0841 e. The SMILES string of the molecule is COCC(C)OC1CC(C(C)C)CCC1O. The van der Waals surface area contributed by atoms with Crippen molar-refractivity contribution in [1.29, 1.82) is 0 Å². The third-order valence-electron chi connectivity index (χ3n) is 3.55. The summed E-state index contributed by atoms with van der Waals surface area (Å²) in [5.74, 6) is 1.36. The van der Waals surface area contributed by atoms with Crippen molar-refractivity contribution >= 4 is 0 Å². The first-order valence-corrected chi connectivity index (χ1v) is 6.37. The van der Waals surface area contributed by atoms with Gasteiger partial charge < -0.3 is 14.6 Å². The molecule has 0 aliphatic heterocycles. The van der Waals surface area contributed by atoms with E-state index in [1.165, 1.54) is 0 Å². The van der Waals surface area contributed by atoms with E-state index in [-0.39, 0.29) is 18.3 Å². The van der Waals surface area contributed by atoms with Crippen LogP contribution in [0.4, 0.5) is 0 Å². The minimum atomic E-state index is -0.297. The lowest BCUT2D eigenvalue weighted by atomic mass is 9.79. The smallest absolute Gasteiger partial charge is 0.0841 e. The van der Waals surface area contributed by atoms with Crippen molar-refractivity contribution in [3.8, 4) is 0 Å². The fourth-order valence-electron chi connectivity index (χ4n) is 2.47. The molecule has 1 aliphatic rings. The fourth-order valence-corrected chi connectivity index (χ4v) is 2.47. The number of rotatable bonds is 5. The molecule has 3 heteroatoms. The van der Waals surface area contributed by atoms with Crippen LogP contribution in [0.2, 0.25) is 0 Å². The second kappa shape index (κ2) is 6.58. The van der Waals surface area contributed by atoms with Gasteiger partial charge in [0.2, 0.25) is 0 Å². The molecule has 4 unspecified atom stereocenters. The Bertz CT molecular complexity index is 194. The number of ether oxygens (including phenoxy) is 2. The van der Waals surface area contributed by atoms with Crippen molar-refractivity contribution < 1.29 is 14.6 Å². The highest BCUT2D eigenvalue weighted by molar-refractivity contribution is 4.82. The van der Waals surface area contributed by atoms with Crippen LogP contribution >= 0.6 is 0 Å². The van der Waals surface area contributed by atoms with Gasteiger partial charge in [-0.25, -0.2) is 0 Å². The zero-order valence-corrected chi connectivity index (χ0v) is 11.0. The van der Waals surface area contributed by atoms with Gasteiger partial charge in [-0.3, -0.25) is 0 Å². The largest absolute Gasteiger partial charge is 0.390 e. The lowest BCUT2D eigenvalue weighted by Crippen LogP contribution is -2.40. The summed E-state index contributed by atoms with van der Waals surface area (Å²) in [6, 6.07) is 0. The standard InChI is InChI=1S/C13H26O3/c1-9(2)11-5-6-12(14)13(7-11)16-10(3)8-15-4/h9-14H,5-8H2,1-4H3. The molecule has 96 valence electrons. The fraction of sp³-hybridized carbons (Fsp3) is 1.00. The monoisotopic (exact) mass is 230 g/mol. The minimum Gasteiger partial charge on any atom is -0.390 e. The molecule has 1 N–H and O–H groups in total. The van der Waals surface area contributed by atoms with Gasteiger partial charge in [0.1, 0.15) is 0 Å². The average Bonchev–Trinajstić information content (AvgIpc) is 2.21. The molecule has 1 aliphatic carbocycles. The van der Waals surface area contributed by atoms with Gasteiger partial charge in [0.05, 0.1) is 24.9 Å². The molecule has 0 saturated heterocycles.